The fraction of sp³-hybridized carbons (Fsp3) is 0.929. The van der Waals surface area contributed by atoms with E-state index in [1.807, 2.05) is 32.6 Å². The van der Waals surface area contributed by atoms with Gasteiger partial charge in [0.1, 0.15) is 5.60 Å². The van der Waals surface area contributed by atoms with Crippen molar-refractivity contribution in [2.45, 2.75) is 77.5 Å². The topological polar surface area (TPSA) is 55.6 Å². The van der Waals surface area contributed by atoms with Crippen LogP contribution in [0, 0.1) is 0 Å². The van der Waals surface area contributed by atoms with Gasteiger partial charge in [-0.25, -0.2) is 4.79 Å². The van der Waals surface area contributed by atoms with Crippen LogP contribution < -0.4 is 5.73 Å². The lowest BCUT2D eigenvalue weighted by Crippen LogP contribution is -2.46. The summed E-state index contributed by atoms with van der Waals surface area (Å²) in [6.45, 7) is 8.56. The Hall–Kier alpha value is -0.770. The molecule has 0 saturated carbocycles. The van der Waals surface area contributed by atoms with Gasteiger partial charge < -0.3 is 15.4 Å². The van der Waals surface area contributed by atoms with Crippen LogP contribution in [0.4, 0.5) is 4.79 Å². The van der Waals surface area contributed by atoms with Crippen LogP contribution in [0.1, 0.15) is 59.8 Å². The van der Waals surface area contributed by atoms with E-state index < -0.39 is 5.60 Å². The molecule has 18 heavy (non-hydrogen) atoms. The highest BCUT2D eigenvalue weighted by Gasteiger charge is 2.30. The molecule has 1 rings (SSSR count). The molecular weight excluding hydrogens is 228 g/mol. The van der Waals surface area contributed by atoms with Gasteiger partial charge in [0.25, 0.3) is 0 Å². The van der Waals surface area contributed by atoms with E-state index in [-0.39, 0.29) is 12.1 Å². The molecule has 1 saturated heterocycles. The highest BCUT2D eigenvalue weighted by molar-refractivity contribution is 5.68. The number of nitrogens with two attached hydrogens (primary N) is 1. The maximum Gasteiger partial charge on any atom is 0.410 e. The van der Waals surface area contributed by atoms with Gasteiger partial charge in [0.2, 0.25) is 0 Å². The molecule has 0 aromatic heterocycles. The Labute approximate surface area is 111 Å². The van der Waals surface area contributed by atoms with E-state index in [0.717, 1.165) is 32.2 Å². The van der Waals surface area contributed by atoms with Crippen molar-refractivity contribution in [2.24, 2.45) is 5.73 Å². The molecule has 0 bridgehead atoms. The highest BCUT2D eigenvalue weighted by atomic mass is 16.6. The average Bonchev–Trinajstić information content (AvgIpc) is 2.24. The Bertz CT molecular complexity index is 271. The molecule has 4 nitrogen and oxygen atoms in total. The molecule has 4 heteroatoms. The Morgan fingerprint density at radius 3 is 2.67 bits per heavy atom. The third kappa shape index (κ3) is 5.25. The Balaban J connectivity index is 2.55. The van der Waals surface area contributed by atoms with Crippen molar-refractivity contribution in [2.75, 3.05) is 6.54 Å². The number of amides is 1. The number of likely N-dealkylation sites (tertiary alicyclic amines) is 1. The number of rotatable bonds is 3. The zero-order valence-electron chi connectivity index (χ0n) is 12.2. The molecule has 1 fully saturated rings. The lowest BCUT2D eigenvalue weighted by molar-refractivity contribution is 0.00848. The summed E-state index contributed by atoms with van der Waals surface area (Å²) in [6, 6.07) is 0.506. The molecule has 0 radical (unpaired) electrons. The summed E-state index contributed by atoms with van der Waals surface area (Å²) in [7, 11) is 0. The molecule has 0 aromatic carbocycles. The number of carbonyl (C=O) groups excluding carboxylic acids is 1. The van der Waals surface area contributed by atoms with Crippen LogP contribution in [0.3, 0.4) is 0 Å². The van der Waals surface area contributed by atoms with E-state index in [1.54, 1.807) is 0 Å². The number of nitrogens with zero attached hydrogens (tertiary/aromatic N) is 1. The van der Waals surface area contributed by atoms with E-state index in [0.29, 0.717) is 6.04 Å². The first kappa shape index (κ1) is 15.3. The first-order valence-corrected chi connectivity index (χ1v) is 7.05. The summed E-state index contributed by atoms with van der Waals surface area (Å²) in [5.41, 5.74) is 5.38. The minimum Gasteiger partial charge on any atom is -0.444 e. The predicted octanol–water partition coefficient (Wildman–Crippen LogP) is 2.90. The first-order chi connectivity index (χ1) is 8.29. The SMILES string of the molecule is CC(N)CCC1CCCCN1C(=O)OC(C)(C)C. The normalized spacial score (nSPS) is 22.7. The van der Waals surface area contributed by atoms with Crippen LogP contribution in [-0.4, -0.2) is 35.2 Å². The zero-order chi connectivity index (χ0) is 13.8. The van der Waals surface area contributed by atoms with E-state index in [4.69, 9.17) is 10.5 Å². The van der Waals surface area contributed by atoms with Crippen molar-refractivity contribution in [3.63, 3.8) is 0 Å². The van der Waals surface area contributed by atoms with Gasteiger partial charge in [-0.3, -0.25) is 0 Å². The second-order valence-corrected chi connectivity index (χ2v) is 6.38. The van der Waals surface area contributed by atoms with Gasteiger partial charge in [0.15, 0.2) is 0 Å². The molecule has 2 N–H and O–H groups in total. The van der Waals surface area contributed by atoms with Gasteiger partial charge in [-0.05, 0) is 59.8 Å². The largest absolute Gasteiger partial charge is 0.444 e. The fourth-order valence-corrected chi connectivity index (χ4v) is 2.32. The maximum absolute atomic E-state index is 12.1. The molecule has 2 atom stereocenters. The number of ether oxygens (including phenoxy) is 1. The van der Waals surface area contributed by atoms with Crippen molar-refractivity contribution in [1.82, 2.24) is 4.90 Å². The lowest BCUT2D eigenvalue weighted by atomic mass is 9.97. The predicted molar refractivity (Wildman–Crippen MR) is 73.5 cm³/mol. The smallest absolute Gasteiger partial charge is 0.410 e. The molecule has 0 aliphatic carbocycles. The summed E-state index contributed by atoms with van der Waals surface area (Å²) in [5.74, 6) is 0. The molecule has 106 valence electrons. The third-order valence-corrected chi connectivity index (χ3v) is 3.21. The second kappa shape index (κ2) is 6.41. The first-order valence-electron chi connectivity index (χ1n) is 7.05. The Kier molecular flexibility index (Phi) is 5.45. The quantitative estimate of drug-likeness (QED) is 0.844. The van der Waals surface area contributed by atoms with Crippen LogP contribution >= 0.6 is 0 Å². The molecule has 0 aromatic rings. The summed E-state index contributed by atoms with van der Waals surface area (Å²) < 4.78 is 5.47. The maximum atomic E-state index is 12.1. The zero-order valence-corrected chi connectivity index (χ0v) is 12.2. The minimum absolute atomic E-state index is 0.170. The summed E-state index contributed by atoms with van der Waals surface area (Å²) in [4.78, 5) is 14.0. The fourth-order valence-electron chi connectivity index (χ4n) is 2.32. The van der Waals surface area contributed by atoms with Gasteiger partial charge >= 0.3 is 6.09 Å². The van der Waals surface area contributed by atoms with Crippen molar-refractivity contribution in [3.05, 3.63) is 0 Å². The molecule has 1 amide bonds. The van der Waals surface area contributed by atoms with Crippen LogP contribution in [0.15, 0.2) is 0 Å². The number of piperidine rings is 1. The second-order valence-electron chi connectivity index (χ2n) is 6.38. The van der Waals surface area contributed by atoms with Gasteiger partial charge in [0.05, 0.1) is 0 Å². The van der Waals surface area contributed by atoms with Crippen LogP contribution in [0.2, 0.25) is 0 Å². The van der Waals surface area contributed by atoms with Crippen molar-refractivity contribution < 1.29 is 9.53 Å². The monoisotopic (exact) mass is 256 g/mol. The van der Waals surface area contributed by atoms with E-state index >= 15 is 0 Å². The number of carbonyl (C=O) groups is 1. The van der Waals surface area contributed by atoms with Crippen molar-refractivity contribution >= 4 is 6.09 Å². The Morgan fingerprint density at radius 1 is 1.44 bits per heavy atom. The average molecular weight is 256 g/mol. The lowest BCUT2D eigenvalue weighted by Gasteiger charge is -2.37. The van der Waals surface area contributed by atoms with Crippen LogP contribution in [-0.2, 0) is 4.74 Å². The van der Waals surface area contributed by atoms with E-state index in [9.17, 15) is 4.79 Å². The summed E-state index contributed by atoms with van der Waals surface area (Å²) >= 11 is 0. The van der Waals surface area contributed by atoms with E-state index in [1.165, 1.54) is 6.42 Å². The van der Waals surface area contributed by atoms with Crippen LogP contribution in [0.5, 0.6) is 0 Å². The van der Waals surface area contributed by atoms with E-state index in [2.05, 4.69) is 0 Å². The third-order valence-electron chi connectivity index (χ3n) is 3.21. The van der Waals surface area contributed by atoms with Gasteiger partial charge in [-0.15, -0.1) is 0 Å². The molecule has 0 spiro atoms. The molecule has 1 aliphatic heterocycles. The number of hydrogen-bond donors (Lipinski definition) is 1. The van der Waals surface area contributed by atoms with Gasteiger partial charge in [-0.1, -0.05) is 0 Å². The molecular formula is C14H28N2O2. The summed E-state index contributed by atoms with van der Waals surface area (Å²) in [6.07, 6.45) is 5.13. The van der Waals surface area contributed by atoms with Gasteiger partial charge in [-0.2, -0.15) is 0 Å². The Morgan fingerprint density at radius 2 is 2.11 bits per heavy atom. The molecule has 2 unspecified atom stereocenters. The molecule has 1 heterocycles. The van der Waals surface area contributed by atoms with Crippen molar-refractivity contribution in [1.29, 1.82) is 0 Å². The minimum atomic E-state index is -0.416. The van der Waals surface area contributed by atoms with Crippen LogP contribution in [0.25, 0.3) is 0 Å². The van der Waals surface area contributed by atoms with Crippen molar-refractivity contribution in [3.8, 4) is 0 Å². The van der Waals surface area contributed by atoms with Gasteiger partial charge in [0, 0.05) is 18.6 Å². The highest BCUT2D eigenvalue weighted by Crippen LogP contribution is 2.23. The standard InChI is InChI=1S/C14H28N2O2/c1-11(15)8-9-12-7-5-6-10-16(12)13(17)18-14(2,3)4/h11-12H,5-10,15H2,1-4H3. The number of hydrogen-bond acceptors (Lipinski definition) is 3. The molecule has 1 aliphatic rings. The summed E-state index contributed by atoms with van der Waals surface area (Å²) in [5, 5.41) is 0.